The summed E-state index contributed by atoms with van der Waals surface area (Å²) in [5.41, 5.74) is 1.96. The molecular weight excluding hydrogens is 232 g/mol. The number of carbonyl (C=O) groups is 1. The number of hydrogen-bond acceptors (Lipinski definition) is 3. The molecule has 3 rings (SSSR count). The summed E-state index contributed by atoms with van der Waals surface area (Å²) < 4.78 is 7.58. The first-order chi connectivity index (χ1) is 8.66. The van der Waals surface area contributed by atoms with Crippen LogP contribution in [-0.4, -0.2) is 33.3 Å². The minimum atomic E-state index is -0.916. The molecule has 5 heteroatoms. The summed E-state index contributed by atoms with van der Waals surface area (Å²) in [5, 5.41) is 9.04. The van der Waals surface area contributed by atoms with E-state index in [1.165, 1.54) is 0 Å². The number of aromatic nitrogens is 2. The number of nitrogens with zero attached hydrogens (tertiary/aromatic N) is 2. The smallest absolute Gasteiger partial charge is 0.335 e. The second-order valence-electron chi connectivity index (χ2n) is 4.59. The lowest BCUT2D eigenvalue weighted by molar-refractivity contribution is 0.0697. The molecule has 0 radical (unpaired) electrons. The lowest BCUT2D eigenvalue weighted by Gasteiger charge is -2.16. The monoisotopic (exact) mass is 246 g/mol. The number of ether oxygens (including phenoxy) is 1. The zero-order valence-corrected chi connectivity index (χ0v) is 10.0. The zero-order valence-electron chi connectivity index (χ0n) is 10.0. The number of carboxylic acids is 1. The van der Waals surface area contributed by atoms with E-state index in [1.807, 2.05) is 11.5 Å². The van der Waals surface area contributed by atoms with Gasteiger partial charge >= 0.3 is 5.97 Å². The highest BCUT2D eigenvalue weighted by Gasteiger charge is 2.27. The predicted octanol–water partition coefficient (Wildman–Crippen LogP) is 2.08. The maximum atomic E-state index is 11.0. The number of benzene rings is 1. The Balaban J connectivity index is 2.11. The van der Waals surface area contributed by atoms with Crippen LogP contribution in [0, 0.1) is 0 Å². The number of rotatable bonds is 2. The van der Waals surface area contributed by atoms with E-state index in [2.05, 4.69) is 4.98 Å². The number of imidazole rings is 1. The van der Waals surface area contributed by atoms with Gasteiger partial charge in [-0.3, -0.25) is 0 Å². The van der Waals surface area contributed by atoms with Gasteiger partial charge in [-0.05, 0) is 31.5 Å². The molecule has 5 nitrogen and oxygen atoms in total. The molecule has 1 N–H and O–H groups in total. The lowest BCUT2D eigenvalue weighted by Crippen LogP contribution is -2.16. The van der Waals surface area contributed by atoms with Crippen LogP contribution in [0.15, 0.2) is 24.5 Å². The highest BCUT2D eigenvalue weighted by atomic mass is 16.5. The molecule has 2 aromatic rings. The third kappa shape index (κ3) is 1.67. The van der Waals surface area contributed by atoms with Crippen molar-refractivity contribution in [3.63, 3.8) is 0 Å². The van der Waals surface area contributed by atoms with Crippen molar-refractivity contribution in [1.82, 2.24) is 9.55 Å². The maximum Gasteiger partial charge on any atom is 0.335 e. The van der Waals surface area contributed by atoms with Crippen molar-refractivity contribution in [3.8, 4) is 0 Å². The standard InChI is InChI=1S/C13H14N2O3/c1-8-11(4-5-18-8)15-7-14-10-3-2-9(13(16)17)6-12(10)15/h2-3,6-8,11H,4-5H2,1H3,(H,16,17). The molecule has 0 amide bonds. The normalized spacial score (nSPS) is 23.6. The number of carboxylic acid groups (broad SMARTS) is 1. The quantitative estimate of drug-likeness (QED) is 0.881. The molecule has 1 aliphatic rings. The van der Waals surface area contributed by atoms with Crippen LogP contribution in [0.5, 0.6) is 0 Å². The molecule has 2 heterocycles. The number of fused-ring (bicyclic) bond motifs is 1. The summed E-state index contributed by atoms with van der Waals surface area (Å²) in [7, 11) is 0. The second kappa shape index (κ2) is 4.10. The maximum absolute atomic E-state index is 11.0. The summed E-state index contributed by atoms with van der Waals surface area (Å²) in [6.07, 6.45) is 2.84. The number of aromatic carboxylic acids is 1. The number of hydrogen-bond donors (Lipinski definition) is 1. The van der Waals surface area contributed by atoms with E-state index in [9.17, 15) is 4.79 Å². The summed E-state index contributed by atoms with van der Waals surface area (Å²) in [6, 6.07) is 5.24. The molecule has 1 fully saturated rings. The van der Waals surface area contributed by atoms with Gasteiger partial charge in [0.2, 0.25) is 0 Å². The summed E-state index contributed by atoms with van der Waals surface area (Å²) >= 11 is 0. The third-order valence-electron chi connectivity index (χ3n) is 3.52. The highest BCUT2D eigenvalue weighted by Crippen LogP contribution is 2.29. The van der Waals surface area contributed by atoms with E-state index in [-0.39, 0.29) is 17.7 Å². The third-order valence-corrected chi connectivity index (χ3v) is 3.52. The first-order valence-electron chi connectivity index (χ1n) is 5.98. The Morgan fingerprint density at radius 3 is 3.06 bits per heavy atom. The molecule has 0 aliphatic carbocycles. The Bertz CT molecular complexity index is 605. The van der Waals surface area contributed by atoms with Gasteiger partial charge in [-0.1, -0.05) is 0 Å². The first-order valence-corrected chi connectivity index (χ1v) is 5.98. The van der Waals surface area contributed by atoms with Crippen LogP contribution < -0.4 is 0 Å². The fourth-order valence-electron chi connectivity index (χ4n) is 2.51. The molecule has 0 spiro atoms. The van der Waals surface area contributed by atoms with Gasteiger partial charge in [0.05, 0.1) is 35.1 Å². The molecule has 1 aliphatic heterocycles. The van der Waals surface area contributed by atoms with E-state index < -0.39 is 5.97 Å². The van der Waals surface area contributed by atoms with E-state index in [0.29, 0.717) is 0 Å². The molecule has 0 bridgehead atoms. The summed E-state index contributed by atoms with van der Waals surface area (Å²) in [4.78, 5) is 15.3. The Kier molecular flexibility index (Phi) is 2.56. The van der Waals surface area contributed by atoms with Crippen molar-refractivity contribution in [2.75, 3.05) is 6.61 Å². The van der Waals surface area contributed by atoms with Gasteiger partial charge in [0.25, 0.3) is 0 Å². The second-order valence-corrected chi connectivity index (χ2v) is 4.59. The average molecular weight is 246 g/mol. The van der Waals surface area contributed by atoms with Gasteiger partial charge in [-0.25, -0.2) is 9.78 Å². The molecule has 2 unspecified atom stereocenters. The van der Waals surface area contributed by atoms with Crippen molar-refractivity contribution in [3.05, 3.63) is 30.1 Å². The molecule has 94 valence electrons. The first kappa shape index (κ1) is 11.2. The summed E-state index contributed by atoms with van der Waals surface area (Å²) in [6.45, 7) is 2.77. The molecule has 2 atom stereocenters. The van der Waals surface area contributed by atoms with Crippen LogP contribution in [0.25, 0.3) is 11.0 Å². The van der Waals surface area contributed by atoms with E-state index in [4.69, 9.17) is 9.84 Å². The minimum Gasteiger partial charge on any atom is -0.478 e. The Hall–Kier alpha value is -1.88. The van der Waals surface area contributed by atoms with Gasteiger partial charge < -0.3 is 14.4 Å². The van der Waals surface area contributed by atoms with Crippen LogP contribution in [0.1, 0.15) is 29.7 Å². The van der Waals surface area contributed by atoms with Gasteiger partial charge in [-0.2, -0.15) is 0 Å². The van der Waals surface area contributed by atoms with Crippen molar-refractivity contribution in [2.24, 2.45) is 0 Å². The largest absolute Gasteiger partial charge is 0.478 e. The van der Waals surface area contributed by atoms with Crippen molar-refractivity contribution in [1.29, 1.82) is 0 Å². The van der Waals surface area contributed by atoms with Crippen LogP contribution in [0.2, 0.25) is 0 Å². The predicted molar refractivity (Wildman–Crippen MR) is 65.8 cm³/mol. The average Bonchev–Trinajstić information content (AvgIpc) is 2.93. The lowest BCUT2D eigenvalue weighted by atomic mass is 10.1. The van der Waals surface area contributed by atoms with Gasteiger partial charge in [0, 0.05) is 6.61 Å². The van der Waals surface area contributed by atoms with E-state index in [0.717, 1.165) is 24.1 Å². The zero-order chi connectivity index (χ0) is 12.7. The van der Waals surface area contributed by atoms with Gasteiger partial charge in [0.15, 0.2) is 0 Å². The van der Waals surface area contributed by atoms with Gasteiger partial charge in [-0.15, -0.1) is 0 Å². The molecule has 1 aromatic heterocycles. The Morgan fingerprint density at radius 1 is 1.56 bits per heavy atom. The Morgan fingerprint density at radius 2 is 2.39 bits per heavy atom. The molecule has 0 saturated carbocycles. The van der Waals surface area contributed by atoms with Crippen molar-refractivity contribution >= 4 is 17.0 Å². The molecular formula is C13H14N2O3. The van der Waals surface area contributed by atoms with Crippen LogP contribution in [0.4, 0.5) is 0 Å². The molecule has 18 heavy (non-hydrogen) atoms. The van der Waals surface area contributed by atoms with Gasteiger partial charge in [0.1, 0.15) is 0 Å². The Labute approximate surface area is 104 Å². The van der Waals surface area contributed by atoms with E-state index >= 15 is 0 Å². The van der Waals surface area contributed by atoms with Crippen molar-refractivity contribution in [2.45, 2.75) is 25.5 Å². The fraction of sp³-hybridized carbons (Fsp3) is 0.385. The molecule has 1 saturated heterocycles. The SMILES string of the molecule is CC1OCCC1n1cnc2ccc(C(=O)O)cc21. The molecule has 1 aromatic carbocycles. The van der Waals surface area contributed by atoms with Crippen molar-refractivity contribution < 1.29 is 14.6 Å². The van der Waals surface area contributed by atoms with Crippen LogP contribution in [0.3, 0.4) is 0 Å². The van der Waals surface area contributed by atoms with E-state index in [1.54, 1.807) is 24.5 Å². The highest BCUT2D eigenvalue weighted by molar-refractivity contribution is 5.92. The van der Waals surface area contributed by atoms with Crippen LogP contribution >= 0.6 is 0 Å². The summed E-state index contributed by atoms with van der Waals surface area (Å²) in [5.74, 6) is -0.916. The fourth-order valence-corrected chi connectivity index (χ4v) is 2.51. The topological polar surface area (TPSA) is 64.4 Å². The minimum absolute atomic E-state index is 0.135. The van der Waals surface area contributed by atoms with Crippen LogP contribution in [-0.2, 0) is 4.74 Å².